The van der Waals surface area contributed by atoms with Gasteiger partial charge in [0.2, 0.25) is 0 Å². The molecule has 0 unspecified atom stereocenters. The summed E-state index contributed by atoms with van der Waals surface area (Å²) < 4.78 is 0. The molecule has 6 heavy (non-hydrogen) atoms. The summed E-state index contributed by atoms with van der Waals surface area (Å²) >= 11 is 0. The van der Waals surface area contributed by atoms with Crippen LogP contribution in [-0.2, 0) is 0 Å². The van der Waals surface area contributed by atoms with E-state index in [1.165, 1.54) is 0 Å². The number of hydrazine groups is 2. The minimum absolute atomic E-state index is 0. The number of hydrogen-bond acceptors (Lipinski definition) is 3. The molecule has 1 aliphatic rings. The van der Waals surface area contributed by atoms with Gasteiger partial charge < -0.3 is 10.9 Å². The zero-order valence-corrected chi connectivity index (χ0v) is 3.58. The summed E-state index contributed by atoms with van der Waals surface area (Å²) in [6, 6.07) is 0. The van der Waals surface area contributed by atoms with Crippen molar-refractivity contribution < 1.29 is 1.43 Å². The molecule has 0 aliphatic carbocycles. The van der Waals surface area contributed by atoms with E-state index in [0.717, 1.165) is 5.70 Å². The van der Waals surface area contributed by atoms with Crippen LogP contribution in [0.1, 0.15) is 8.35 Å². The van der Waals surface area contributed by atoms with Crippen LogP contribution in [0.4, 0.5) is 0 Å². The second-order valence-electron chi connectivity index (χ2n) is 1.22. The molecule has 0 spiro atoms. The summed E-state index contributed by atoms with van der Waals surface area (Å²) in [5, 5.41) is 0. The van der Waals surface area contributed by atoms with E-state index in [1.807, 2.05) is 13.1 Å². The van der Waals surface area contributed by atoms with Crippen molar-refractivity contribution in [2.45, 2.75) is 6.92 Å². The number of hydrogen-bond donors (Lipinski definition) is 3. The molecule has 36 valence electrons. The standard InChI is InChI=1S/C3H7N3.H2/c1-3-2-4-6-5-3;/h2,4-6H,1H3;1H. The molecule has 0 saturated carbocycles. The highest BCUT2D eigenvalue weighted by atomic mass is 15.6. The summed E-state index contributed by atoms with van der Waals surface area (Å²) in [5.41, 5.74) is 9.35. The number of nitrogens with one attached hydrogen (secondary N) is 3. The van der Waals surface area contributed by atoms with Gasteiger partial charge in [-0.3, -0.25) is 0 Å². The lowest BCUT2D eigenvalue weighted by atomic mass is 10.6. The molecule has 0 aromatic carbocycles. The van der Waals surface area contributed by atoms with Crippen molar-refractivity contribution in [3.05, 3.63) is 11.9 Å². The molecule has 0 fully saturated rings. The second-order valence-corrected chi connectivity index (χ2v) is 1.22. The van der Waals surface area contributed by atoms with Crippen LogP contribution in [0.15, 0.2) is 11.9 Å². The van der Waals surface area contributed by atoms with Crippen LogP contribution in [0.2, 0.25) is 0 Å². The van der Waals surface area contributed by atoms with Crippen molar-refractivity contribution >= 4 is 0 Å². The van der Waals surface area contributed by atoms with Crippen molar-refractivity contribution in [3.8, 4) is 0 Å². The fourth-order valence-electron chi connectivity index (χ4n) is 0.315. The minimum Gasteiger partial charge on any atom is -0.310 e. The van der Waals surface area contributed by atoms with Gasteiger partial charge in [-0.25, -0.2) is 0 Å². The summed E-state index contributed by atoms with van der Waals surface area (Å²) in [5.74, 6) is 0. The molecule has 0 saturated heterocycles. The molecule has 1 aliphatic heterocycles. The molecule has 3 heteroatoms. The lowest BCUT2D eigenvalue weighted by Crippen LogP contribution is -2.30. The van der Waals surface area contributed by atoms with Crippen LogP contribution in [-0.4, -0.2) is 0 Å². The van der Waals surface area contributed by atoms with E-state index in [2.05, 4.69) is 16.4 Å². The normalized spacial score (nSPS) is 18.5. The largest absolute Gasteiger partial charge is 0.310 e. The Balaban J connectivity index is 0.000000360. The Morgan fingerprint density at radius 3 is 2.83 bits per heavy atom. The first-order chi connectivity index (χ1) is 2.89. The van der Waals surface area contributed by atoms with Crippen molar-refractivity contribution in [2.24, 2.45) is 0 Å². The van der Waals surface area contributed by atoms with Crippen LogP contribution in [0.5, 0.6) is 0 Å². The molecule has 0 aromatic rings. The summed E-state index contributed by atoms with van der Waals surface area (Å²) in [6.07, 6.45) is 1.85. The van der Waals surface area contributed by atoms with Crippen LogP contribution >= 0.6 is 0 Å². The van der Waals surface area contributed by atoms with Gasteiger partial charge in [-0.2, -0.15) is 5.53 Å². The van der Waals surface area contributed by atoms with Gasteiger partial charge in [0.1, 0.15) is 0 Å². The zero-order chi connectivity index (χ0) is 4.41. The Hall–Kier alpha value is -0.700. The highest BCUT2D eigenvalue weighted by Gasteiger charge is 1.88. The lowest BCUT2D eigenvalue weighted by molar-refractivity contribution is 0.600. The highest BCUT2D eigenvalue weighted by molar-refractivity contribution is 4.94. The second kappa shape index (κ2) is 1.18. The monoisotopic (exact) mass is 87.1 g/mol. The minimum atomic E-state index is 0. The van der Waals surface area contributed by atoms with Gasteiger partial charge in [0.05, 0.1) is 0 Å². The first-order valence-electron chi connectivity index (χ1n) is 1.83. The van der Waals surface area contributed by atoms with Crippen molar-refractivity contribution in [2.75, 3.05) is 0 Å². The Bertz CT molecular complexity index is 80.2. The molecule has 3 N–H and O–H groups in total. The molecule has 0 radical (unpaired) electrons. The van der Waals surface area contributed by atoms with Crippen molar-refractivity contribution in [1.82, 2.24) is 16.4 Å². The summed E-state index contributed by atoms with van der Waals surface area (Å²) in [7, 11) is 0. The molecule has 0 amide bonds. The summed E-state index contributed by atoms with van der Waals surface area (Å²) in [4.78, 5) is 0. The highest BCUT2D eigenvalue weighted by Crippen LogP contribution is 1.80. The number of allylic oxidation sites excluding steroid dienone is 1. The van der Waals surface area contributed by atoms with Gasteiger partial charge in [-0.15, -0.1) is 0 Å². The first-order valence-corrected chi connectivity index (χ1v) is 1.83. The van der Waals surface area contributed by atoms with Crippen molar-refractivity contribution in [1.29, 1.82) is 0 Å². The van der Waals surface area contributed by atoms with E-state index < -0.39 is 0 Å². The third-order valence-corrected chi connectivity index (χ3v) is 0.621. The van der Waals surface area contributed by atoms with Gasteiger partial charge in [-0.1, -0.05) is 0 Å². The lowest BCUT2D eigenvalue weighted by Gasteiger charge is -1.90. The zero-order valence-electron chi connectivity index (χ0n) is 3.58. The van der Waals surface area contributed by atoms with Gasteiger partial charge in [0.25, 0.3) is 0 Å². The van der Waals surface area contributed by atoms with Gasteiger partial charge in [-0.05, 0) is 6.92 Å². The maximum absolute atomic E-state index is 2.82. The predicted molar refractivity (Wildman–Crippen MR) is 25.3 cm³/mol. The Morgan fingerprint density at radius 1 is 1.83 bits per heavy atom. The molecule has 3 nitrogen and oxygen atoms in total. The maximum Gasteiger partial charge on any atom is 0.0419 e. The Morgan fingerprint density at radius 2 is 2.67 bits per heavy atom. The molecule has 1 heterocycles. The van der Waals surface area contributed by atoms with E-state index in [1.54, 1.807) is 0 Å². The fourth-order valence-corrected chi connectivity index (χ4v) is 0.315. The third kappa shape index (κ3) is 0.440. The molecular formula is C3H9N3. The average molecular weight is 87.1 g/mol. The van der Waals surface area contributed by atoms with Gasteiger partial charge in [0.15, 0.2) is 0 Å². The van der Waals surface area contributed by atoms with E-state index in [4.69, 9.17) is 0 Å². The molecule has 0 bridgehead atoms. The molecule has 1 rings (SSSR count). The summed E-state index contributed by atoms with van der Waals surface area (Å²) in [6.45, 7) is 1.97. The molecular weight excluding hydrogens is 78.1 g/mol. The predicted octanol–water partition coefficient (Wildman–Crippen LogP) is -0.294. The fraction of sp³-hybridized carbons (Fsp3) is 0.333. The Labute approximate surface area is 37.8 Å². The SMILES string of the molecule is CC1=CNNN1.[HH]. The van der Waals surface area contributed by atoms with Crippen molar-refractivity contribution in [3.63, 3.8) is 0 Å². The van der Waals surface area contributed by atoms with E-state index in [-0.39, 0.29) is 1.43 Å². The van der Waals surface area contributed by atoms with E-state index in [0.29, 0.717) is 0 Å². The maximum atomic E-state index is 2.82. The van der Waals surface area contributed by atoms with E-state index in [9.17, 15) is 0 Å². The third-order valence-electron chi connectivity index (χ3n) is 0.621. The van der Waals surface area contributed by atoms with Crippen LogP contribution in [0.3, 0.4) is 0 Å². The average Bonchev–Trinajstić information content (AvgIpc) is 1.86. The number of rotatable bonds is 0. The Kier molecular flexibility index (Phi) is 0.686. The molecule has 0 aromatic heterocycles. The van der Waals surface area contributed by atoms with Crippen LogP contribution in [0.25, 0.3) is 0 Å². The van der Waals surface area contributed by atoms with E-state index >= 15 is 0 Å². The quantitative estimate of drug-likeness (QED) is 0.380. The smallest absolute Gasteiger partial charge is 0.0419 e. The van der Waals surface area contributed by atoms with Crippen LogP contribution in [0, 0.1) is 0 Å². The van der Waals surface area contributed by atoms with Gasteiger partial charge >= 0.3 is 0 Å². The van der Waals surface area contributed by atoms with Crippen LogP contribution < -0.4 is 16.4 Å². The topological polar surface area (TPSA) is 36.1 Å². The first kappa shape index (κ1) is 3.49. The molecule has 0 atom stereocenters. The van der Waals surface area contributed by atoms with Gasteiger partial charge in [0, 0.05) is 13.3 Å².